The highest BCUT2D eigenvalue weighted by Gasteiger charge is 2.07. The van der Waals surface area contributed by atoms with Crippen molar-refractivity contribution in [2.45, 2.75) is 6.42 Å². The van der Waals surface area contributed by atoms with Gasteiger partial charge >= 0.3 is 5.97 Å². The Morgan fingerprint density at radius 2 is 2.43 bits per heavy atom. The van der Waals surface area contributed by atoms with E-state index in [0.717, 1.165) is 0 Å². The third-order valence-electron chi connectivity index (χ3n) is 1.70. The summed E-state index contributed by atoms with van der Waals surface area (Å²) in [4.78, 5) is 28.8. The third kappa shape index (κ3) is 1.51. The molecule has 2 aromatic rings. The van der Waals surface area contributed by atoms with E-state index in [1.807, 2.05) is 0 Å². The van der Waals surface area contributed by atoms with Gasteiger partial charge in [0.25, 0.3) is 5.56 Å². The summed E-state index contributed by atoms with van der Waals surface area (Å²) in [6.07, 6.45) is -0.261. The zero-order valence-electron chi connectivity index (χ0n) is 6.98. The summed E-state index contributed by atoms with van der Waals surface area (Å²) in [5.41, 5.74) is -0.285. The average molecular weight is 210 g/mol. The molecule has 6 heteroatoms. The van der Waals surface area contributed by atoms with Crippen LogP contribution in [0, 0.1) is 0 Å². The number of nitrogens with zero attached hydrogens (tertiary/aromatic N) is 1. The Bertz CT molecular complexity index is 543. The van der Waals surface area contributed by atoms with Gasteiger partial charge < -0.3 is 10.1 Å². The molecule has 0 saturated carbocycles. The summed E-state index contributed by atoms with van der Waals surface area (Å²) in [5, 5.41) is 10.8. The number of nitrogens with one attached hydrogen (secondary N) is 1. The van der Waals surface area contributed by atoms with Crippen molar-refractivity contribution >= 4 is 27.5 Å². The summed E-state index contributed by atoms with van der Waals surface area (Å²) >= 11 is 1.32. The normalized spacial score (nSPS) is 10.6. The molecule has 0 aliphatic rings. The molecule has 2 aromatic heterocycles. The number of rotatable bonds is 2. The molecule has 0 amide bonds. The first-order chi connectivity index (χ1) is 6.66. The zero-order chi connectivity index (χ0) is 10.1. The molecular weight excluding hydrogens is 204 g/mol. The van der Waals surface area contributed by atoms with E-state index in [4.69, 9.17) is 5.11 Å². The minimum atomic E-state index is -1.01. The van der Waals surface area contributed by atoms with Crippen LogP contribution >= 0.6 is 11.3 Å². The monoisotopic (exact) mass is 210 g/mol. The zero-order valence-corrected chi connectivity index (χ0v) is 7.80. The van der Waals surface area contributed by atoms with Crippen LogP contribution < -0.4 is 5.56 Å². The summed E-state index contributed by atoms with van der Waals surface area (Å²) in [6, 6.07) is 1.66. The highest BCUT2D eigenvalue weighted by Crippen LogP contribution is 2.13. The number of carboxylic acid groups (broad SMARTS) is 1. The van der Waals surface area contributed by atoms with Crippen LogP contribution in [0.15, 0.2) is 16.2 Å². The maximum Gasteiger partial charge on any atom is 0.311 e. The van der Waals surface area contributed by atoms with E-state index in [9.17, 15) is 9.59 Å². The van der Waals surface area contributed by atoms with Gasteiger partial charge in [-0.3, -0.25) is 9.59 Å². The topological polar surface area (TPSA) is 83.0 Å². The Morgan fingerprint density at radius 3 is 3.14 bits per heavy atom. The fourth-order valence-electron chi connectivity index (χ4n) is 1.14. The molecule has 2 N–H and O–H groups in total. The van der Waals surface area contributed by atoms with Gasteiger partial charge in [0, 0.05) is 0 Å². The molecule has 5 nitrogen and oxygen atoms in total. The molecule has 0 aliphatic carbocycles. The largest absolute Gasteiger partial charge is 0.481 e. The van der Waals surface area contributed by atoms with Crippen molar-refractivity contribution in [3.8, 4) is 0 Å². The Hall–Kier alpha value is -1.69. The molecule has 72 valence electrons. The SMILES string of the molecule is O=C(O)Cc1nc2sccc2c(=O)[nH]1. The number of H-pyrrole nitrogens is 1. The maximum atomic E-state index is 11.4. The van der Waals surface area contributed by atoms with E-state index in [1.54, 1.807) is 11.4 Å². The second-order valence-corrected chi connectivity index (χ2v) is 3.62. The van der Waals surface area contributed by atoms with Crippen LogP contribution in [0.3, 0.4) is 0 Å². The van der Waals surface area contributed by atoms with Gasteiger partial charge in [-0.1, -0.05) is 0 Å². The average Bonchev–Trinajstić information content (AvgIpc) is 2.50. The van der Waals surface area contributed by atoms with Crippen molar-refractivity contribution in [1.82, 2.24) is 9.97 Å². The highest BCUT2D eigenvalue weighted by molar-refractivity contribution is 7.16. The lowest BCUT2D eigenvalue weighted by atomic mass is 10.3. The van der Waals surface area contributed by atoms with Crippen molar-refractivity contribution in [2.75, 3.05) is 0 Å². The molecule has 0 aliphatic heterocycles. The fourth-order valence-corrected chi connectivity index (χ4v) is 1.92. The van der Waals surface area contributed by atoms with Gasteiger partial charge in [-0.2, -0.15) is 0 Å². The molecule has 0 radical (unpaired) electrons. The van der Waals surface area contributed by atoms with Crippen molar-refractivity contribution in [2.24, 2.45) is 0 Å². The van der Waals surface area contributed by atoms with E-state index in [0.29, 0.717) is 10.2 Å². The first kappa shape index (κ1) is 8.89. The van der Waals surface area contributed by atoms with E-state index in [-0.39, 0.29) is 17.8 Å². The van der Waals surface area contributed by atoms with Gasteiger partial charge in [0.15, 0.2) is 0 Å². The van der Waals surface area contributed by atoms with E-state index >= 15 is 0 Å². The number of aliphatic carboxylic acids is 1. The summed E-state index contributed by atoms with van der Waals surface area (Å²) in [5.74, 6) is -0.818. The number of hydrogen-bond acceptors (Lipinski definition) is 4. The van der Waals surface area contributed by atoms with Gasteiger partial charge in [0.05, 0.1) is 5.39 Å². The van der Waals surface area contributed by atoms with Crippen molar-refractivity contribution in [3.63, 3.8) is 0 Å². The van der Waals surface area contributed by atoms with Crippen LogP contribution in [-0.2, 0) is 11.2 Å². The molecule has 2 heterocycles. The molecule has 0 atom stereocenters. The quantitative estimate of drug-likeness (QED) is 0.760. The first-order valence-electron chi connectivity index (χ1n) is 3.85. The van der Waals surface area contributed by atoms with Crippen LogP contribution in [0.5, 0.6) is 0 Å². The number of fused-ring (bicyclic) bond motifs is 1. The van der Waals surface area contributed by atoms with Crippen LogP contribution in [-0.4, -0.2) is 21.0 Å². The van der Waals surface area contributed by atoms with Crippen LogP contribution in [0.4, 0.5) is 0 Å². The molecule has 0 fully saturated rings. The minimum absolute atomic E-state index is 0.192. The molecule has 0 aromatic carbocycles. The second kappa shape index (κ2) is 3.22. The van der Waals surface area contributed by atoms with Crippen molar-refractivity contribution in [1.29, 1.82) is 0 Å². The van der Waals surface area contributed by atoms with Gasteiger partial charge in [0.1, 0.15) is 17.1 Å². The van der Waals surface area contributed by atoms with Gasteiger partial charge in [-0.15, -0.1) is 11.3 Å². The van der Waals surface area contributed by atoms with Crippen molar-refractivity contribution < 1.29 is 9.90 Å². The third-order valence-corrected chi connectivity index (χ3v) is 2.51. The first-order valence-corrected chi connectivity index (χ1v) is 4.73. The maximum absolute atomic E-state index is 11.4. The lowest BCUT2D eigenvalue weighted by molar-refractivity contribution is -0.136. The lowest BCUT2D eigenvalue weighted by Crippen LogP contribution is -2.13. The van der Waals surface area contributed by atoms with E-state index in [1.165, 1.54) is 11.3 Å². The molecule has 14 heavy (non-hydrogen) atoms. The molecule has 0 bridgehead atoms. The number of aromatic amines is 1. The lowest BCUT2D eigenvalue weighted by Gasteiger charge is -1.95. The Labute approximate surface area is 82.0 Å². The summed E-state index contributed by atoms with van der Waals surface area (Å²) in [7, 11) is 0. The fraction of sp³-hybridized carbons (Fsp3) is 0.125. The summed E-state index contributed by atoms with van der Waals surface area (Å²) < 4.78 is 0. The van der Waals surface area contributed by atoms with Crippen LogP contribution in [0.1, 0.15) is 5.82 Å². The molecule has 2 rings (SSSR count). The van der Waals surface area contributed by atoms with Crippen LogP contribution in [0.2, 0.25) is 0 Å². The molecule has 0 saturated heterocycles. The van der Waals surface area contributed by atoms with E-state index in [2.05, 4.69) is 9.97 Å². The Balaban J connectivity index is 2.58. The van der Waals surface area contributed by atoms with Crippen LogP contribution in [0.25, 0.3) is 10.2 Å². The number of thiophene rings is 1. The van der Waals surface area contributed by atoms with Gasteiger partial charge in [-0.25, -0.2) is 4.98 Å². The Kier molecular flexibility index (Phi) is 2.05. The Morgan fingerprint density at radius 1 is 1.64 bits per heavy atom. The second-order valence-electron chi connectivity index (χ2n) is 2.72. The van der Waals surface area contributed by atoms with E-state index < -0.39 is 5.97 Å². The number of carbonyl (C=O) groups is 1. The number of aromatic nitrogens is 2. The standard InChI is InChI=1S/C8H6N2O3S/c11-6(12)3-5-9-7(13)4-1-2-14-8(4)10-5/h1-2H,3H2,(H,11,12)(H,9,10,13). The predicted octanol–water partition coefficient (Wildman–Crippen LogP) is 0.612. The predicted molar refractivity (Wildman–Crippen MR) is 51.6 cm³/mol. The summed E-state index contributed by atoms with van der Waals surface area (Å²) in [6.45, 7) is 0. The highest BCUT2D eigenvalue weighted by atomic mass is 32.1. The molecular formula is C8H6N2O3S. The van der Waals surface area contributed by atoms with Gasteiger partial charge in [0.2, 0.25) is 0 Å². The van der Waals surface area contributed by atoms with Gasteiger partial charge in [-0.05, 0) is 11.4 Å². The smallest absolute Gasteiger partial charge is 0.311 e. The van der Waals surface area contributed by atoms with Crippen molar-refractivity contribution in [3.05, 3.63) is 27.6 Å². The number of carboxylic acids is 1. The molecule has 0 unspecified atom stereocenters. The molecule has 0 spiro atoms. The minimum Gasteiger partial charge on any atom is -0.481 e. The number of hydrogen-bond donors (Lipinski definition) is 2.